The first-order chi connectivity index (χ1) is 7.31. The summed E-state index contributed by atoms with van der Waals surface area (Å²) in [5.41, 5.74) is 0. The average molecular weight is 296 g/mol. The van der Waals surface area contributed by atoms with Gasteiger partial charge in [-0.15, -0.1) is 0 Å². The van der Waals surface area contributed by atoms with Crippen LogP contribution in [0.3, 0.4) is 0 Å². The molecule has 2 N–H and O–H groups in total. The lowest BCUT2D eigenvalue weighted by Gasteiger charge is -2.23. The van der Waals surface area contributed by atoms with E-state index in [1.54, 1.807) is 0 Å². The lowest BCUT2D eigenvalue weighted by molar-refractivity contribution is -0.161. The number of ketones is 1. The number of carbonyl (C=O) groups is 4. The fourth-order valence-electron chi connectivity index (χ4n) is 0.989. The summed E-state index contributed by atoms with van der Waals surface area (Å²) >= 11 is 2.83. The third-order valence-corrected chi connectivity index (χ3v) is 2.31. The van der Waals surface area contributed by atoms with Crippen molar-refractivity contribution in [2.45, 2.75) is 13.0 Å². The van der Waals surface area contributed by atoms with Crippen LogP contribution in [0.5, 0.6) is 0 Å². The number of hydrogen-bond donors (Lipinski definition) is 2. The third kappa shape index (κ3) is 3.97. The maximum atomic E-state index is 11.1. The second-order valence-electron chi connectivity index (χ2n) is 2.90. The van der Waals surface area contributed by atoms with Crippen LogP contribution in [0.2, 0.25) is 0 Å². The minimum absolute atomic E-state index is 0.0806. The molecule has 0 rings (SSSR count). The van der Waals surface area contributed by atoms with Gasteiger partial charge in [0.15, 0.2) is 5.78 Å². The molecular weight excluding hydrogens is 286 g/mol. The van der Waals surface area contributed by atoms with Crippen LogP contribution in [-0.2, 0) is 19.2 Å². The van der Waals surface area contributed by atoms with Gasteiger partial charge in [0.25, 0.3) is 0 Å². The number of halogens is 1. The number of amides is 1. The largest absolute Gasteiger partial charge is 0.479 e. The lowest BCUT2D eigenvalue weighted by Crippen LogP contribution is -2.51. The number of hydrogen-bond acceptors (Lipinski definition) is 4. The van der Waals surface area contributed by atoms with Crippen molar-refractivity contribution in [3.05, 3.63) is 0 Å². The van der Waals surface area contributed by atoms with Gasteiger partial charge in [0.1, 0.15) is 0 Å². The van der Waals surface area contributed by atoms with Gasteiger partial charge in [0.2, 0.25) is 11.9 Å². The van der Waals surface area contributed by atoms with E-state index >= 15 is 0 Å². The van der Waals surface area contributed by atoms with Crippen LogP contribution in [0, 0.1) is 0 Å². The monoisotopic (exact) mass is 295 g/mol. The second kappa shape index (κ2) is 6.21. The normalized spacial score (nSPS) is 9.94. The van der Waals surface area contributed by atoms with Gasteiger partial charge in [0, 0.05) is 6.92 Å². The zero-order valence-electron chi connectivity index (χ0n) is 8.34. The van der Waals surface area contributed by atoms with Crippen molar-refractivity contribution in [2.75, 3.05) is 11.9 Å². The summed E-state index contributed by atoms with van der Waals surface area (Å²) in [5, 5.41) is 17.2. The Labute approximate surface area is 99.2 Å². The van der Waals surface area contributed by atoms with Gasteiger partial charge in [-0.25, -0.2) is 9.59 Å². The number of alkyl halides is 1. The van der Waals surface area contributed by atoms with Crippen LogP contribution in [0.1, 0.15) is 6.92 Å². The molecule has 0 aliphatic carbocycles. The van der Waals surface area contributed by atoms with Crippen molar-refractivity contribution in [3.8, 4) is 0 Å². The number of aliphatic carboxylic acids is 2. The Morgan fingerprint density at radius 1 is 1.19 bits per heavy atom. The van der Waals surface area contributed by atoms with Gasteiger partial charge in [-0.2, -0.15) is 0 Å². The smallest absolute Gasteiger partial charge is 0.338 e. The molecule has 0 heterocycles. The molecule has 0 saturated carbocycles. The first-order valence-electron chi connectivity index (χ1n) is 4.11. The second-order valence-corrected chi connectivity index (χ2v) is 3.46. The van der Waals surface area contributed by atoms with E-state index in [9.17, 15) is 19.2 Å². The van der Waals surface area contributed by atoms with Crippen molar-refractivity contribution < 1.29 is 29.4 Å². The Morgan fingerprint density at radius 3 is 1.88 bits per heavy atom. The van der Waals surface area contributed by atoms with Gasteiger partial charge in [0.05, 0.1) is 11.9 Å². The highest BCUT2D eigenvalue weighted by atomic mass is 79.9. The summed E-state index contributed by atoms with van der Waals surface area (Å²) < 4.78 is 0. The lowest BCUT2D eigenvalue weighted by atomic mass is 10.2. The molecule has 0 aromatic rings. The molecule has 0 saturated heterocycles. The predicted octanol–water partition coefficient (Wildman–Crippen LogP) is -0.663. The van der Waals surface area contributed by atoms with E-state index < -0.39 is 36.2 Å². The van der Waals surface area contributed by atoms with Crippen molar-refractivity contribution in [2.24, 2.45) is 0 Å². The molecule has 0 aromatic heterocycles. The van der Waals surface area contributed by atoms with E-state index in [2.05, 4.69) is 15.9 Å². The van der Waals surface area contributed by atoms with E-state index in [-0.39, 0.29) is 5.33 Å². The number of Topliss-reactive ketones (excluding diaryl/α,β-unsaturated/α-hetero) is 1. The van der Waals surface area contributed by atoms with Gasteiger partial charge in [-0.1, -0.05) is 15.9 Å². The highest BCUT2D eigenvalue weighted by molar-refractivity contribution is 9.09. The van der Waals surface area contributed by atoms with E-state index in [1.165, 1.54) is 0 Å². The summed E-state index contributed by atoms with van der Waals surface area (Å²) in [7, 11) is 0. The topological polar surface area (TPSA) is 112 Å². The van der Waals surface area contributed by atoms with Crippen molar-refractivity contribution >= 4 is 39.6 Å². The van der Waals surface area contributed by atoms with Crippen LogP contribution >= 0.6 is 15.9 Å². The Morgan fingerprint density at radius 2 is 1.62 bits per heavy atom. The molecule has 90 valence electrons. The molecule has 0 aliphatic heterocycles. The first-order valence-corrected chi connectivity index (χ1v) is 5.23. The summed E-state index contributed by atoms with van der Waals surface area (Å²) in [6, 6.07) is -2.04. The molecule has 0 aliphatic rings. The summed E-state index contributed by atoms with van der Waals surface area (Å²) in [5.74, 6) is -4.65. The van der Waals surface area contributed by atoms with Gasteiger partial charge >= 0.3 is 11.9 Å². The maximum absolute atomic E-state index is 11.1. The Hall–Kier alpha value is -1.44. The summed E-state index contributed by atoms with van der Waals surface area (Å²) in [6.45, 7) is 0.449. The van der Waals surface area contributed by atoms with Crippen molar-refractivity contribution in [3.63, 3.8) is 0 Å². The number of carboxylic acids is 2. The minimum Gasteiger partial charge on any atom is -0.479 e. The number of rotatable bonds is 6. The molecular formula is C8H10BrNO6. The predicted molar refractivity (Wildman–Crippen MR) is 55.2 cm³/mol. The van der Waals surface area contributed by atoms with E-state index in [0.29, 0.717) is 4.90 Å². The molecule has 7 nitrogen and oxygen atoms in total. The minimum atomic E-state index is -2.04. The first kappa shape index (κ1) is 14.6. The Kier molecular flexibility index (Phi) is 5.65. The number of carboxylic acid groups (broad SMARTS) is 2. The number of nitrogens with zero attached hydrogens (tertiary/aromatic N) is 1. The van der Waals surface area contributed by atoms with Crippen molar-refractivity contribution in [1.29, 1.82) is 0 Å². The van der Waals surface area contributed by atoms with Gasteiger partial charge in [-0.05, 0) is 0 Å². The molecule has 0 aromatic carbocycles. The maximum Gasteiger partial charge on any atom is 0.338 e. The van der Waals surface area contributed by atoms with Gasteiger partial charge < -0.3 is 15.1 Å². The summed E-state index contributed by atoms with van der Waals surface area (Å²) in [6.07, 6.45) is 0. The molecule has 0 spiro atoms. The zero-order valence-corrected chi connectivity index (χ0v) is 9.93. The molecule has 0 radical (unpaired) electrons. The third-order valence-electron chi connectivity index (χ3n) is 1.68. The highest BCUT2D eigenvalue weighted by Crippen LogP contribution is 2.03. The van der Waals surface area contributed by atoms with Crippen LogP contribution in [0.4, 0.5) is 0 Å². The number of carbonyl (C=O) groups excluding carboxylic acids is 2. The Balaban J connectivity index is 5.00. The molecule has 8 heteroatoms. The van der Waals surface area contributed by atoms with Crippen LogP contribution in [-0.4, -0.2) is 56.7 Å². The van der Waals surface area contributed by atoms with E-state index in [0.717, 1.165) is 6.92 Å². The molecule has 1 amide bonds. The zero-order chi connectivity index (χ0) is 12.9. The van der Waals surface area contributed by atoms with Crippen LogP contribution in [0.15, 0.2) is 0 Å². The quantitative estimate of drug-likeness (QED) is 0.497. The molecule has 0 atom stereocenters. The molecule has 16 heavy (non-hydrogen) atoms. The van der Waals surface area contributed by atoms with E-state index in [4.69, 9.17) is 10.2 Å². The Bertz CT molecular complexity index is 314. The van der Waals surface area contributed by atoms with E-state index in [1.807, 2.05) is 0 Å². The average Bonchev–Trinajstić information content (AvgIpc) is 2.14. The van der Waals surface area contributed by atoms with Crippen molar-refractivity contribution in [1.82, 2.24) is 4.90 Å². The standard InChI is InChI=1S/C8H10BrNO6/c1-4(11)10(3-5(12)2-9)6(7(13)14)8(15)16/h6H,2-3H2,1H3,(H,13,14)(H,15,16). The molecule has 0 bridgehead atoms. The van der Waals surface area contributed by atoms with Gasteiger partial charge in [-0.3, -0.25) is 9.59 Å². The molecule has 0 fully saturated rings. The fraction of sp³-hybridized carbons (Fsp3) is 0.500. The SMILES string of the molecule is CC(=O)N(CC(=O)CBr)C(C(=O)O)C(=O)O. The van der Waals surface area contributed by atoms with Crippen LogP contribution in [0.25, 0.3) is 0 Å². The van der Waals surface area contributed by atoms with Crippen LogP contribution < -0.4 is 0 Å². The fourth-order valence-corrected chi connectivity index (χ4v) is 1.17. The summed E-state index contributed by atoms with van der Waals surface area (Å²) in [4.78, 5) is 43.9. The molecule has 0 unspecified atom stereocenters. The highest BCUT2D eigenvalue weighted by Gasteiger charge is 2.35.